The Kier molecular flexibility index (Phi) is 3.44. The van der Waals surface area contributed by atoms with E-state index in [4.69, 9.17) is 0 Å². The van der Waals surface area contributed by atoms with Crippen LogP contribution >= 0.6 is 22.6 Å². The Hall–Kier alpha value is -0.830. The van der Waals surface area contributed by atoms with Crippen molar-refractivity contribution < 1.29 is 0 Å². The Balaban J connectivity index is 2.43. The van der Waals surface area contributed by atoms with Crippen molar-refractivity contribution in [3.63, 3.8) is 0 Å². The Morgan fingerprint density at radius 1 is 0.800 bits per heavy atom. The molecule has 0 N–H and O–H groups in total. The van der Waals surface area contributed by atoms with E-state index in [1.54, 1.807) is 0 Å². The Morgan fingerprint density at radius 2 is 1.40 bits per heavy atom. The van der Waals surface area contributed by atoms with Gasteiger partial charge < -0.3 is 0 Å². The summed E-state index contributed by atoms with van der Waals surface area (Å²) in [6.07, 6.45) is 0. The van der Waals surface area contributed by atoms with Crippen molar-refractivity contribution in [3.8, 4) is 11.1 Å². The van der Waals surface area contributed by atoms with Crippen molar-refractivity contribution >= 4 is 22.6 Å². The summed E-state index contributed by atoms with van der Waals surface area (Å²) >= 11 is 2.44. The first-order valence-electron chi connectivity index (χ1n) is 7.39. The summed E-state index contributed by atoms with van der Waals surface area (Å²) in [6.45, 7) is 9.47. The highest BCUT2D eigenvalue weighted by molar-refractivity contribution is 14.1. The van der Waals surface area contributed by atoms with Gasteiger partial charge in [-0.15, -0.1) is 0 Å². The van der Waals surface area contributed by atoms with Gasteiger partial charge in [0.2, 0.25) is 0 Å². The van der Waals surface area contributed by atoms with Crippen LogP contribution in [0, 0.1) is 15.4 Å². The number of hydrogen-bond acceptors (Lipinski definition) is 0. The summed E-state index contributed by atoms with van der Waals surface area (Å²) < 4.78 is 1.33. The van der Waals surface area contributed by atoms with E-state index in [0.29, 0.717) is 11.8 Å². The fourth-order valence-corrected chi connectivity index (χ4v) is 4.72. The second-order valence-corrected chi connectivity index (χ2v) is 7.66. The van der Waals surface area contributed by atoms with Crippen LogP contribution in [0.2, 0.25) is 0 Å². The summed E-state index contributed by atoms with van der Waals surface area (Å²) in [4.78, 5) is 0. The van der Waals surface area contributed by atoms with E-state index in [0.717, 1.165) is 0 Å². The Morgan fingerprint density at radius 3 is 2.05 bits per heavy atom. The van der Waals surface area contributed by atoms with E-state index in [-0.39, 0.29) is 5.41 Å². The lowest BCUT2D eigenvalue weighted by molar-refractivity contribution is 0.280. The largest absolute Gasteiger partial charge is 0.0619 e. The topological polar surface area (TPSA) is 0 Å². The Labute approximate surface area is 135 Å². The molecular formula is C19H21I. The predicted molar refractivity (Wildman–Crippen MR) is 95.1 cm³/mol. The van der Waals surface area contributed by atoms with Gasteiger partial charge in [0.1, 0.15) is 0 Å². The fourth-order valence-electron chi connectivity index (χ4n) is 4.23. The van der Waals surface area contributed by atoms with Crippen LogP contribution in [0.25, 0.3) is 11.1 Å². The number of benzene rings is 2. The number of hydrogen-bond donors (Lipinski definition) is 0. The smallest absolute Gasteiger partial charge is 0.0261 e. The molecule has 0 saturated carbocycles. The van der Waals surface area contributed by atoms with Crippen LogP contribution in [-0.4, -0.2) is 0 Å². The average Bonchev–Trinajstić information content (AvgIpc) is 2.69. The number of rotatable bonds is 2. The maximum Gasteiger partial charge on any atom is 0.0261 e. The van der Waals surface area contributed by atoms with Gasteiger partial charge in [0, 0.05) is 8.99 Å². The second kappa shape index (κ2) is 4.87. The van der Waals surface area contributed by atoms with Crippen LogP contribution in [0.3, 0.4) is 0 Å². The van der Waals surface area contributed by atoms with Crippen molar-refractivity contribution in [2.75, 3.05) is 0 Å². The zero-order chi connectivity index (χ0) is 14.5. The highest BCUT2D eigenvalue weighted by Gasteiger charge is 2.47. The quantitative estimate of drug-likeness (QED) is 0.575. The molecule has 0 atom stereocenters. The molecule has 0 nitrogen and oxygen atoms in total. The highest BCUT2D eigenvalue weighted by Crippen LogP contribution is 2.56. The molecule has 0 amide bonds. The molecule has 2 aromatic carbocycles. The first-order chi connectivity index (χ1) is 9.49. The van der Waals surface area contributed by atoms with Gasteiger partial charge in [-0.2, -0.15) is 0 Å². The van der Waals surface area contributed by atoms with Crippen LogP contribution in [0.1, 0.15) is 38.8 Å². The minimum atomic E-state index is 0.146. The van der Waals surface area contributed by atoms with Gasteiger partial charge in [-0.05, 0) is 68.8 Å². The van der Waals surface area contributed by atoms with E-state index < -0.39 is 0 Å². The molecule has 0 spiro atoms. The first kappa shape index (κ1) is 14.1. The molecule has 0 bridgehead atoms. The molecule has 0 aromatic heterocycles. The lowest BCUT2D eigenvalue weighted by atomic mass is 9.63. The van der Waals surface area contributed by atoms with Crippen LogP contribution < -0.4 is 0 Å². The summed E-state index contributed by atoms with van der Waals surface area (Å²) in [5, 5.41) is 0. The van der Waals surface area contributed by atoms with Crippen LogP contribution in [0.5, 0.6) is 0 Å². The normalized spacial score (nSPS) is 15.6. The van der Waals surface area contributed by atoms with Crippen LogP contribution in [-0.2, 0) is 5.41 Å². The molecule has 3 rings (SSSR count). The third kappa shape index (κ3) is 1.71. The molecule has 0 heterocycles. The highest BCUT2D eigenvalue weighted by atomic mass is 127. The van der Waals surface area contributed by atoms with Crippen LogP contribution in [0.15, 0.2) is 42.5 Å². The third-order valence-electron chi connectivity index (χ3n) is 4.91. The van der Waals surface area contributed by atoms with Crippen molar-refractivity contribution in [1.82, 2.24) is 0 Å². The van der Waals surface area contributed by atoms with E-state index in [1.807, 2.05) is 0 Å². The van der Waals surface area contributed by atoms with E-state index in [2.05, 4.69) is 92.8 Å². The number of halogens is 1. The van der Waals surface area contributed by atoms with Gasteiger partial charge in [-0.3, -0.25) is 0 Å². The first-order valence-corrected chi connectivity index (χ1v) is 8.47. The Bertz CT molecular complexity index is 645. The second-order valence-electron chi connectivity index (χ2n) is 6.41. The summed E-state index contributed by atoms with van der Waals surface area (Å²) in [5.74, 6) is 1.17. The van der Waals surface area contributed by atoms with Crippen molar-refractivity contribution in [2.45, 2.75) is 33.1 Å². The minimum absolute atomic E-state index is 0.146. The molecular weight excluding hydrogens is 355 g/mol. The zero-order valence-electron chi connectivity index (χ0n) is 12.6. The summed E-state index contributed by atoms with van der Waals surface area (Å²) in [7, 11) is 0. The zero-order valence-corrected chi connectivity index (χ0v) is 14.7. The van der Waals surface area contributed by atoms with Gasteiger partial charge >= 0.3 is 0 Å². The van der Waals surface area contributed by atoms with Gasteiger partial charge in [0.15, 0.2) is 0 Å². The molecule has 104 valence electrons. The third-order valence-corrected chi connectivity index (χ3v) is 5.58. The van der Waals surface area contributed by atoms with Crippen molar-refractivity contribution in [1.29, 1.82) is 0 Å². The van der Waals surface area contributed by atoms with Gasteiger partial charge in [-0.25, -0.2) is 0 Å². The number of fused-ring (bicyclic) bond motifs is 3. The maximum atomic E-state index is 2.44. The standard InChI is InChI=1S/C19H21I/c1-12(2)19(13(3)4)17-8-6-5-7-15(17)16-10-9-14(20)11-18(16)19/h5-13H,1-4H3. The summed E-state index contributed by atoms with van der Waals surface area (Å²) in [5.41, 5.74) is 6.05. The molecule has 20 heavy (non-hydrogen) atoms. The molecule has 1 heteroatoms. The molecule has 0 aliphatic heterocycles. The molecule has 0 unspecified atom stereocenters. The molecule has 0 saturated heterocycles. The van der Waals surface area contributed by atoms with Crippen molar-refractivity contribution in [3.05, 3.63) is 57.2 Å². The molecule has 1 aliphatic rings. The van der Waals surface area contributed by atoms with Gasteiger partial charge in [-0.1, -0.05) is 58.0 Å². The van der Waals surface area contributed by atoms with E-state index >= 15 is 0 Å². The lowest BCUT2D eigenvalue weighted by Crippen LogP contribution is -2.37. The van der Waals surface area contributed by atoms with Gasteiger partial charge in [0.25, 0.3) is 0 Å². The van der Waals surface area contributed by atoms with Crippen molar-refractivity contribution in [2.24, 2.45) is 11.8 Å². The molecule has 0 fully saturated rings. The summed E-state index contributed by atoms with van der Waals surface area (Å²) in [6, 6.07) is 15.9. The van der Waals surface area contributed by atoms with Crippen LogP contribution in [0.4, 0.5) is 0 Å². The minimum Gasteiger partial charge on any atom is -0.0619 e. The van der Waals surface area contributed by atoms with Gasteiger partial charge in [0.05, 0.1) is 0 Å². The molecule has 0 radical (unpaired) electrons. The predicted octanol–water partition coefficient (Wildman–Crippen LogP) is 5.87. The average molecular weight is 376 g/mol. The SMILES string of the molecule is CC(C)C1(C(C)C)c2ccccc2-c2ccc(I)cc21. The molecule has 1 aliphatic carbocycles. The lowest BCUT2D eigenvalue weighted by Gasteiger charge is -2.40. The van der Waals surface area contributed by atoms with E-state index in [9.17, 15) is 0 Å². The maximum absolute atomic E-state index is 2.44. The monoisotopic (exact) mass is 376 g/mol. The fraction of sp³-hybridized carbons (Fsp3) is 0.368. The van der Waals surface area contributed by atoms with E-state index in [1.165, 1.54) is 25.8 Å². The molecule has 2 aromatic rings.